The van der Waals surface area contributed by atoms with Crippen molar-refractivity contribution in [3.8, 4) is 0 Å². The molecule has 0 aliphatic rings. The van der Waals surface area contributed by atoms with Crippen LogP contribution in [0.2, 0.25) is 5.15 Å². The Morgan fingerprint density at radius 3 is 2.58 bits per heavy atom. The zero-order valence-electron chi connectivity index (χ0n) is 13.4. The van der Waals surface area contributed by atoms with Gasteiger partial charge in [0.2, 0.25) is 0 Å². The molecule has 0 unspecified atom stereocenters. The van der Waals surface area contributed by atoms with E-state index in [2.05, 4.69) is 32.4 Å². The van der Waals surface area contributed by atoms with E-state index in [0.717, 1.165) is 10.4 Å². The minimum atomic E-state index is -0.823. The molecular weight excluding hydrogens is 342 g/mol. The number of rotatable bonds is 5. The molecule has 124 valence electrons. The van der Waals surface area contributed by atoms with Crippen molar-refractivity contribution in [1.29, 1.82) is 0 Å². The Kier molecular flexibility index (Phi) is 5.26. The molecule has 3 aromatic rings. The average molecular weight is 360 g/mol. The standard InChI is InChI=1S/C18H18ClN3OS/c1-22(2)16(12-6-4-3-5-7-12)13-8-15(24-10-13)17(23)14-9-20-11-21-18(14)19/h3-11,16-17,23H,1-2H3/t16-,17-/m0/s1. The van der Waals surface area contributed by atoms with E-state index in [1.165, 1.54) is 23.2 Å². The minimum Gasteiger partial charge on any atom is -0.383 e. The lowest BCUT2D eigenvalue weighted by molar-refractivity contribution is 0.223. The van der Waals surface area contributed by atoms with E-state index in [9.17, 15) is 5.11 Å². The fourth-order valence-corrected chi connectivity index (χ4v) is 3.87. The zero-order chi connectivity index (χ0) is 17.1. The summed E-state index contributed by atoms with van der Waals surface area (Å²) in [6, 6.07) is 12.5. The SMILES string of the molecule is CN(C)[C@@H](c1ccccc1)c1csc([C@@H](O)c2cncnc2Cl)c1. The number of nitrogens with zero attached hydrogens (tertiary/aromatic N) is 3. The first-order valence-corrected chi connectivity index (χ1v) is 8.77. The quantitative estimate of drug-likeness (QED) is 0.701. The fourth-order valence-electron chi connectivity index (χ4n) is 2.74. The van der Waals surface area contributed by atoms with Gasteiger partial charge in [0.25, 0.3) is 0 Å². The Labute approximate surface area is 150 Å². The van der Waals surface area contributed by atoms with Gasteiger partial charge in [-0.1, -0.05) is 41.9 Å². The predicted molar refractivity (Wildman–Crippen MR) is 97.4 cm³/mol. The maximum atomic E-state index is 10.6. The van der Waals surface area contributed by atoms with Crippen LogP contribution in [-0.2, 0) is 0 Å². The van der Waals surface area contributed by atoms with Crippen molar-refractivity contribution in [2.45, 2.75) is 12.1 Å². The highest BCUT2D eigenvalue weighted by atomic mass is 35.5. The van der Waals surface area contributed by atoms with Crippen molar-refractivity contribution in [1.82, 2.24) is 14.9 Å². The Hall–Kier alpha value is -1.79. The van der Waals surface area contributed by atoms with Gasteiger partial charge in [0.15, 0.2) is 0 Å². The van der Waals surface area contributed by atoms with E-state index in [0.29, 0.717) is 5.56 Å². The maximum absolute atomic E-state index is 10.6. The average Bonchev–Trinajstić information content (AvgIpc) is 3.05. The predicted octanol–water partition coefficient (Wildman–Crippen LogP) is 3.92. The molecule has 2 aromatic heterocycles. The van der Waals surface area contributed by atoms with E-state index < -0.39 is 6.10 Å². The monoisotopic (exact) mass is 359 g/mol. The van der Waals surface area contributed by atoms with Gasteiger partial charge in [-0.25, -0.2) is 9.97 Å². The van der Waals surface area contributed by atoms with Crippen LogP contribution in [0.1, 0.15) is 33.7 Å². The van der Waals surface area contributed by atoms with Crippen molar-refractivity contribution in [3.63, 3.8) is 0 Å². The number of halogens is 1. The van der Waals surface area contributed by atoms with Crippen LogP contribution in [0.4, 0.5) is 0 Å². The summed E-state index contributed by atoms with van der Waals surface area (Å²) in [5.74, 6) is 0. The van der Waals surface area contributed by atoms with Gasteiger partial charge in [0, 0.05) is 16.6 Å². The molecule has 0 aliphatic heterocycles. The molecule has 4 nitrogen and oxygen atoms in total. The molecular formula is C18H18ClN3OS. The van der Waals surface area contributed by atoms with Crippen molar-refractivity contribution in [2.75, 3.05) is 14.1 Å². The minimum absolute atomic E-state index is 0.130. The number of hydrogen-bond donors (Lipinski definition) is 1. The molecule has 0 saturated heterocycles. The Balaban J connectivity index is 1.93. The van der Waals surface area contributed by atoms with Crippen molar-refractivity contribution in [3.05, 3.63) is 81.0 Å². The van der Waals surface area contributed by atoms with Crippen LogP contribution in [0.25, 0.3) is 0 Å². The van der Waals surface area contributed by atoms with E-state index >= 15 is 0 Å². The summed E-state index contributed by atoms with van der Waals surface area (Å²) in [5.41, 5.74) is 2.87. The normalized spacial score (nSPS) is 13.9. The number of benzene rings is 1. The van der Waals surface area contributed by atoms with Gasteiger partial charge in [0.1, 0.15) is 17.6 Å². The molecule has 0 amide bonds. The van der Waals surface area contributed by atoms with Crippen LogP contribution in [0.15, 0.2) is 54.3 Å². The summed E-state index contributed by atoms with van der Waals surface area (Å²) in [5, 5.41) is 13.0. The number of aliphatic hydroxyl groups excluding tert-OH is 1. The molecule has 0 aliphatic carbocycles. The molecule has 2 heterocycles. The first-order chi connectivity index (χ1) is 11.6. The topological polar surface area (TPSA) is 49.2 Å². The van der Waals surface area contributed by atoms with E-state index in [1.807, 2.05) is 38.4 Å². The van der Waals surface area contributed by atoms with Crippen LogP contribution < -0.4 is 0 Å². The molecule has 24 heavy (non-hydrogen) atoms. The first kappa shape index (κ1) is 17.0. The molecule has 1 aromatic carbocycles. The summed E-state index contributed by atoms with van der Waals surface area (Å²) in [4.78, 5) is 10.9. The third-order valence-corrected chi connectivity index (χ3v) is 5.16. The summed E-state index contributed by atoms with van der Waals surface area (Å²) < 4.78 is 0. The Bertz CT molecular complexity index is 807. The van der Waals surface area contributed by atoms with E-state index in [4.69, 9.17) is 11.6 Å². The van der Waals surface area contributed by atoms with Gasteiger partial charge in [-0.05, 0) is 36.7 Å². The van der Waals surface area contributed by atoms with Crippen LogP contribution in [-0.4, -0.2) is 34.1 Å². The molecule has 0 bridgehead atoms. The van der Waals surface area contributed by atoms with E-state index in [-0.39, 0.29) is 11.2 Å². The van der Waals surface area contributed by atoms with Gasteiger partial charge in [-0.3, -0.25) is 4.90 Å². The smallest absolute Gasteiger partial charge is 0.138 e. The molecule has 6 heteroatoms. The number of thiophene rings is 1. The Morgan fingerprint density at radius 1 is 1.17 bits per heavy atom. The maximum Gasteiger partial charge on any atom is 0.138 e. The number of aromatic nitrogens is 2. The highest BCUT2D eigenvalue weighted by molar-refractivity contribution is 7.10. The molecule has 0 saturated carbocycles. The fraction of sp³-hybridized carbons (Fsp3) is 0.222. The second-order valence-electron chi connectivity index (χ2n) is 5.73. The lowest BCUT2D eigenvalue weighted by Crippen LogP contribution is -2.20. The molecule has 3 rings (SSSR count). The van der Waals surface area contributed by atoms with Gasteiger partial charge >= 0.3 is 0 Å². The molecule has 2 atom stereocenters. The third kappa shape index (κ3) is 3.49. The number of aliphatic hydroxyl groups is 1. The zero-order valence-corrected chi connectivity index (χ0v) is 15.0. The van der Waals surface area contributed by atoms with Gasteiger partial charge < -0.3 is 5.11 Å². The second-order valence-corrected chi connectivity index (χ2v) is 7.03. The highest BCUT2D eigenvalue weighted by Gasteiger charge is 2.22. The second kappa shape index (κ2) is 7.40. The number of hydrogen-bond acceptors (Lipinski definition) is 5. The lowest BCUT2D eigenvalue weighted by Gasteiger charge is -2.24. The van der Waals surface area contributed by atoms with Crippen molar-refractivity contribution in [2.24, 2.45) is 0 Å². The van der Waals surface area contributed by atoms with Gasteiger partial charge in [-0.2, -0.15) is 0 Å². The molecule has 1 N–H and O–H groups in total. The summed E-state index contributed by atoms with van der Waals surface area (Å²) >= 11 is 7.58. The Morgan fingerprint density at radius 2 is 1.92 bits per heavy atom. The molecule has 0 spiro atoms. The van der Waals surface area contributed by atoms with Gasteiger partial charge in [0.05, 0.1) is 6.04 Å². The van der Waals surface area contributed by atoms with Crippen molar-refractivity contribution >= 4 is 22.9 Å². The van der Waals surface area contributed by atoms with Gasteiger partial charge in [-0.15, -0.1) is 11.3 Å². The summed E-state index contributed by atoms with van der Waals surface area (Å²) in [7, 11) is 4.10. The summed E-state index contributed by atoms with van der Waals surface area (Å²) in [6.45, 7) is 0. The van der Waals surface area contributed by atoms with E-state index in [1.54, 1.807) is 6.20 Å². The first-order valence-electron chi connectivity index (χ1n) is 7.51. The van der Waals surface area contributed by atoms with Crippen LogP contribution >= 0.6 is 22.9 Å². The molecule has 0 fully saturated rings. The third-order valence-electron chi connectivity index (χ3n) is 3.84. The van der Waals surface area contributed by atoms with Crippen LogP contribution in [0.5, 0.6) is 0 Å². The lowest BCUT2D eigenvalue weighted by atomic mass is 9.99. The van der Waals surface area contributed by atoms with Crippen molar-refractivity contribution < 1.29 is 5.11 Å². The highest BCUT2D eigenvalue weighted by Crippen LogP contribution is 2.35. The summed E-state index contributed by atoms with van der Waals surface area (Å²) in [6.07, 6.45) is 2.10. The van der Waals surface area contributed by atoms with Crippen LogP contribution in [0, 0.1) is 0 Å². The van der Waals surface area contributed by atoms with Crippen LogP contribution in [0.3, 0.4) is 0 Å². The largest absolute Gasteiger partial charge is 0.383 e. The molecule has 0 radical (unpaired) electrons.